The lowest BCUT2D eigenvalue weighted by atomic mass is 9.38. The lowest BCUT2D eigenvalue weighted by Gasteiger charge is -2.68. The molecule has 4 rings (SSSR count). The fourth-order valence-corrected chi connectivity index (χ4v) is 8.16. The molecule has 0 aromatic rings. The number of aliphatic hydroxyl groups excluding tert-OH is 3. The molecular formula is C24H36O7. The van der Waals surface area contributed by atoms with Crippen LogP contribution < -0.4 is 0 Å². The van der Waals surface area contributed by atoms with Crippen LogP contribution in [-0.4, -0.2) is 57.8 Å². The highest BCUT2D eigenvalue weighted by Crippen LogP contribution is 2.72. The average molecular weight is 437 g/mol. The number of hydrogen-bond acceptors (Lipinski definition) is 7. The number of ether oxygens (including phenoxy) is 2. The van der Waals surface area contributed by atoms with Gasteiger partial charge >= 0.3 is 11.9 Å². The molecule has 4 aliphatic rings. The predicted octanol–water partition coefficient (Wildman–Crippen LogP) is 1.97. The van der Waals surface area contributed by atoms with Crippen LogP contribution in [0.25, 0.3) is 0 Å². The molecule has 4 saturated carbocycles. The minimum absolute atomic E-state index is 0.0480. The minimum Gasteiger partial charge on any atom is -0.462 e. The van der Waals surface area contributed by atoms with Gasteiger partial charge in [-0.15, -0.1) is 0 Å². The Bertz CT molecular complexity index is 806. The van der Waals surface area contributed by atoms with Crippen molar-refractivity contribution >= 4 is 11.9 Å². The van der Waals surface area contributed by atoms with Gasteiger partial charge in [0.05, 0.1) is 18.3 Å². The van der Waals surface area contributed by atoms with Crippen LogP contribution in [0.1, 0.15) is 60.3 Å². The molecule has 4 fully saturated rings. The molecule has 0 aromatic carbocycles. The number of carbonyl (C=O) groups excluding carboxylic acids is 2. The standard InChI is InChI=1S/C24H36O7/c1-11-14-7-15(30-12(2)25)20-23(6)16(22(4,5)17(27)9-18(23)28)8-19(31-13(3)26)24(20,10-14)21(11)29/h14-21,27-29H,1,7-10H2,2-6H3. The van der Waals surface area contributed by atoms with Gasteiger partial charge in [0.25, 0.3) is 0 Å². The maximum absolute atomic E-state index is 12.1. The zero-order valence-corrected chi connectivity index (χ0v) is 19.1. The topological polar surface area (TPSA) is 113 Å². The summed E-state index contributed by atoms with van der Waals surface area (Å²) in [7, 11) is 0. The predicted molar refractivity (Wildman–Crippen MR) is 112 cm³/mol. The first-order valence-corrected chi connectivity index (χ1v) is 11.3. The first-order chi connectivity index (χ1) is 14.3. The zero-order chi connectivity index (χ0) is 23.1. The Kier molecular flexibility index (Phi) is 5.16. The molecule has 7 nitrogen and oxygen atoms in total. The number of fused-ring (bicyclic) bond motifs is 3. The van der Waals surface area contributed by atoms with E-state index in [-0.39, 0.29) is 18.3 Å². The molecule has 4 aliphatic carbocycles. The van der Waals surface area contributed by atoms with Crippen molar-refractivity contribution in [3.63, 3.8) is 0 Å². The van der Waals surface area contributed by atoms with E-state index in [4.69, 9.17) is 9.47 Å². The maximum atomic E-state index is 12.1. The smallest absolute Gasteiger partial charge is 0.302 e. The summed E-state index contributed by atoms with van der Waals surface area (Å²) >= 11 is 0. The largest absolute Gasteiger partial charge is 0.462 e. The van der Waals surface area contributed by atoms with Gasteiger partial charge in [0, 0.05) is 37.0 Å². The third-order valence-corrected chi connectivity index (χ3v) is 9.47. The molecule has 7 heteroatoms. The molecule has 0 amide bonds. The van der Waals surface area contributed by atoms with Crippen LogP contribution in [0.4, 0.5) is 0 Å². The molecule has 0 heterocycles. The van der Waals surface area contributed by atoms with E-state index in [9.17, 15) is 24.9 Å². The highest BCUT2D eigenvalue weighted by atomic mass is 16.6. The second kappa shape index (κ2) is 7.03. The van der Waals surface area contributed by atoms with Crippen LogP contribution in [0.2, 0.25) is 0 Å². The van der Waals surface area contributed by atoms with Crippen LogP contribution in [0.5, 0.6) is 0 Å². The Labute approximate surface area is 183 Å². The molecule has 0 radical (unpaired) electrons. The first-order valence-electron chi connectivity index (χ1n) is 11.3. The van der Waals surface area contributed by atoms with E-state index < -0.39 is 64.6 Å². The zero-order valence-electron chi connectivity index (χ0n) is 19.1. The molecule has 31 heavy (non-hydrogen) atoms. The average Bonchev–Trinajstić information content (AvgIpc) is 2.83. The van der Waals surface area contributed by atoms with Crippen LogP contribution in [-0.2, 0) is 19.1 Å². The van der Waals surface area contributed by atoms with Crippen molar-refractivity contribution in [2.75, 3.05) is 0 Å². The van der Waals surface area contributed by atoms with Gasteiger partial charge in [-0.2, -0.15) is 0 Å². The van der Waals surface area contributed by atoms with Crippen LogP contribution in [0.15, 0.2) is 12.2 Å². The molecule has 174 valence electrons. The van der Waals surface area contributed by atoms with Crippen LogP contribution in [0, 0.1) is 34.0 Å². The second-order valence-corrected chi connectivity index (χ2v) is 11.2. The van der Waals surface area contributed by atoms with Gasteiger partial charge in [0.1, 0.15) is 12.2 Å². The van der Waals surface area contributed by atoms with E-state index >= 15 is 0 Å². The lowest BCUT2D eigenvalue weighted by molar-refractivity contribution is -0.291. The lowest BCUT2D eigenvalue weighted by Crippen LogP contribution is -2.72. The molecule has 10 atom stereocenters. The summed E-state index contributed by atoms with van der Waals surface area (Å²) in [5, 5.41) is 33.7. The summed E-state index contributed by atoms with van der Waals surface area (Å²) in [5.41, 5.74) is -1.53. The Balaban J connectivity index is 1.95. The molecule has 0 aliphatic heterocycles. The normalized spacial score (nSPS) is 50.3. The van der Waals surface area contributed by atoms with Gasteiger partial charge in [-0.05, 0) is 42.1 Å². The summed E-state index contributed by atoms with van der Waals surface area (Å²) < 4.78 is 11.7. The van der Waals surface area contributed by atoms with Crippen molar-refractivity contribution in [3.05, 3.63) is 12.2 Å². The molecule has 1 spiro atoms. The van der Waals surface area contributed by atoms with Gasteiger partial charge in [-0.3, -0.25) is 9.59 Å². The van der Waals surface area contributed by atoms with Crippen LogP contribution >= 0.6 is 0 Å². The van der Waals surface area contributed by atoms with Crippen molar-refractivity contribution in [2.45, 2.75) is 90.8 Å². The molecular weight excluding hydrogens is 400 g/mol. The number of esters is 2. The monoisotopic (exact) mass is 436 g/mol. The Morgan fingerprint density at radius 1 is 0.968 bits per heavy atom. The molecule has 0 saturated heterocycles. The fraction of sp³-hybridized carbons (Fsp3) is 0.833. The molecule has 10 unspecified atom stereocenters. The second-order valence-electron chi connectivity index (χ2n) is 11.2. The number of aliphatic hydroxyl groups is 3. The van der Waals surface area contributed by atoms with E-state index in [0.29, 0.717) is 24.8 Å². The number of hydrogen-bond donors (Lipinski definition) is 3. The number of rotatable bonds is 2. The van der Waals surface area contributed by atoms with Crippen LogP contribution in [0.3, 0.4) is 0 Å². The first kappa shape index (κ1) is 22.7. The summed E-state index contributed by atoms with van der Waals surface area (Å²) in [6, 6.07) is 0. The van der Waals surface area contributed by atoms with E-state index in [0.717, 1.165) is 0 Å². The minimum atomic E-state index is -0.924. The van der Waals surface area contributed by atoms with E-state index in [2.05, 4.69) is 6.58 Å². The maximum Gasteiger partial charge on any atom is 0.302 e. The van der Waals surface area contributed by atoms with Gasteiger partial charge in [-0.25, -0.2) is 0 Å². The van der Waals surface area contributed by atoms with Gasteiger partial charge in [0.2, 0.25) is 0 Å². The molecule has 2 bridgehead atoms. The highest BCUT2D eigenvalue weighted by molar-refractivity contribution is 5.67. The summed E-state index contributed by atoms with van der Waals surface area (Å²) in [4.78, 5) is 24.2. The molecule has 3 N–H and O–H groups in total. The van der Waals surface area contributed by atoms with E-state index in [1.54, 1.807) is 0 Å². The van der Waals surface area contributed by atoms with Gasteiger partial charge < -0.3 is 24.8 Å². The Morgan fingerprint density at radius 2 is 1.58 bits per heavy atom. The van der Waals surface area contributed by atoms with E-state index in [1.165, 1.54) is 13.8 Å². The number of carbonyl (C=O) groups is 2. The van der Waals surface area contributed by atoms with Gasteiger partial charge in [0.15, 0.2) is 0 Å². The van der Waals surface area contributed by atoms with Gasteiger partial charge in [-0.1, -0.05) is 27.4 Å². The third kappa shape index (κ3) is 2.89. The summed E-state index contributed by atoms with van der Waals surface area (Å²) in [5.74, 6) is -1.56. The Morgan fingerprint density at radius 3 is 2.16 bits per heavy atom. The quantitative estimate of drug-likeness (QED) is 0.448. The van der Waals surface area contributed by atoms with Crippen molar-refractivity contribution < 1.29 is 34.4 Å². The SMILES string of the molecule is C=C1C2CC(OC(C)=O)C3C4(C)C(O)CC(O)C(C)(C)C4CC(OC(C)=O)C3(C2)C1O. The van der Waals surface area contributed by atoms with Crippen molar-refractivity contribution in [1.82, 2.24) is 0 Å². The highest BCUT2D eigenvalue weighted by Gasteiger charge is 2.76. The Hall–Kier alpha value is -1.44. The van der Waals surface area contributed by atoms with E-state index in [1.807, 2.05) is 20.8 Å². The third-order valence-electron chi connectivity index (χ3n) is 9.47. The molecule has 0 aromatic heterocycles. The fourth-order valence-electron chi connectivity index (χ4n) is 8.16. The van der Waals surface area contributed by atoms with Crippen molar-refractivity contribution in [3.8, 4) is 0 Å². The van der Waals surface area contributed by atoms with Crippen molar-refractivity contribution in [1.29, 1.82) is 0 Å². The summed E-state index contributed by atoms with van der Waals surface area (Å²) in [6.45, 7) is 12.8. The summed E-state index contributed by atoms with van der Waals surface area (Å²) in [6.07, 6.45) is -1.95. The van der Waals surface area contributed by atoms with Crippen molar-refractivity contribution in [2.24, 2.45) is 34.0 Å².